The van der Waals surface area contributed by atoms with Crippen molar-refractivity contribution in [2.24, 2.45) is 15.9 Å². The fourth-order valence-corrected chi connectivity index (χ4v) is 3.87. The van der Waals surface area contributed by atoms with Crippen molar-refractivity contribution in [1.29, 1.82) is 0 Å². The van der Waals surface area contributed by atoms with Gasteiger partial charge in [-0.2, -0.15) is 0 Å². The molecule has 0 bridgehead atoms. The Labute approximate surface area is 185 Å². The minimum atomic E-state index is -0.493. The van der Waals surface area contributed by atoms with Gasteiger partial charge in [0.1, 0.15) is 12.1 Å². The van der Waals surface area contributed by atoms with Gasteiger partial charge in [-0.15, -0.1) is 0 Å². The van der Waals surface area contributed by atoms with Gasteiger partial charge in [0, 0.05) is 16.9 Å². The smallest absolute Gasteiger partial charge is 0.483 e. The molecule has 6 nitrogen and oxygen atoms in total. The van der Waals surface area contributed by atoms with E-state index < -0.39 is 18.3 Å². The Bertz CT molecular complexity index is 838. The SMILES string of the molecule is COC1=N[C@H](C(C)C)C(OC)=N[C@H]1Cc1ccc(B2OC(C)(C)C(C)(C)O2)c(Cl)c1. The molecule has 1 fully saturated rings. The lowest BCUT2D eigenvalue weighted by Crippen LogP contribution is -2.41. The van der Waals surface area contributed by atoms with E-state index in [-0.39, 0.29) is 18.0 Å². The Kier molecular flexibility index (Phi) is 6.56. The molecule has 0 N–H and O–H groups in total. The van der Waals surface area contributed by atoms with Crippen LogP contribution in [-0.4, -0.2) is 56.4 Å². The molecule has 0 radical (unpaired) electrons. The van der Waals surface area contributed by atoms with E-state index in [0.717, 1.165) is 11.0 Å². The van der Waals surface area contributed by atoms with Crippen molar-refractivity contribution in [2.75, 3.05) is 14.2 Å². The summed E-state index contributed by atoms with van der Waals surface area (Å²) in [5, 5.41) is 0.605. The van der Waals surface area contributed by atoms with Crippen molar-refractivity contribution >= 4 is 36.0 Å². The maximum atomic E-state index is 6.62. The number of halogens is 1. The first kappa shape index (κ1) is 23.1. The van der Waals surface area contributed by atoms with Gasteiger partial charge < -0.3 is 18.8 Å². The fraction of sp³-hybridized carbons (Fsp3) is 0.636. The lowest BCUT2D eigenvalue weighted by molar-refractivity contribution is 0.00578. The highest BCUT2D eigenvalue weighted by Gasteiger charge is 2.52. The Morgan fingerprint density at radius 3 is 2.13 bits per heavy atom. The molecule has 2 atom stereocenters. The zero-order chi connectivity index (χ0) is 22.3. The summed E-state index contributed by atoms with van der Waals surface area (Å²) in [7, 11) is 2.77. The Morgan fingerprint density at radius 2 is 1.63 bits per heavy atom. The summed E-state index contributed by atoms with van der Waals surface area (Å²) in [4.78, 5) is 9.49. The lowest BCUT2D eigenvalue weighted by Gasteiger charge is -2.32. The average molecular weight is 435 g/mol. The second-order valence-corrected chi connectivity index (χ2v) is 9.60. The summed E-state index contributed by atoms with van der Waals surface area (Å²) >= 11 is 6.62. The normalized spacial score (nSPS) is 25.2. The molecule has 1 aromatic carbocycles. The van der Waals surface area contributed by atoms with Crippen molar-refractivity contribution < 1.29 is 18.8 Å². The van der Waals surface area contributed by atoms with E-state index in [9.17, 15) is 0 Å². The molecule has 30 heavy (non-hydrogen) atoms. The first-order valence-electron chi connectivity index (χ1n) is 10.4. The molecule has 3 rings (SSSR count). The molecular formula is C22H32BClN2O4. The van der Waals surface area contributed by atoms with Crippen molar-refractivity contribution in [3.8, 4) is 0 Å². The summed E-state index contributed by atoms with van der Waals surface area (Å²) in [6.07, 6.45) is 0.605. The topological polar surface area (TPSA) is 61.6 Å². The van der Waals surface area contributed by atoms with Gasteiger partial charge in [-0.05, 0) is 45.2 Å². The number of hydrogen-bond donors (Lipinski definition) is 0. The molecule has 164 valence electrons. The minimum absolute atomic E-state index is 0.129. The van der Waals surface area contributed by atoms with Gasteiger partial charge in [0.25, 0.3) is 0 Å². The van der Waals surface area contributed by atoms with Crippen LogP contribution >= 0.6 is 11.6 Å². The third-order valence-corrected chi connectivity index (χ3v) is 6.47. The van der Waals surface area contributed by atoms with Gasteiger partial charge in [0.2, 0.25) is 11.8 Å². The highest BCUT2D eigenvalue weighted by Crippen LogP contribution is 2.37. The maximum absolute atomic E-state index is 6.62. The van der Waals surface area contributed by atoms with E-state index in [2.05, 4.69) is 13.8 Å². The Hall–Kier alpha value is -1.57. The summed E-state index contributed by atoms with van der Waals surface area (Å²) in [5.74, 6) is 1.51. The van der Waals surface area contributed by atoms with Gasteiger partial charge in [-0.1, -0.05) is 37.6 Å². The quantitative estimate of drug-likeness (QED) is 0.678. The van der Waals surface area contributed by atoms with Crippen LogP contribution in [0.5, 0.6) is 0 Å². The van der Waals surface area contributed by atoms with Gasteiger partial charge in [-0.3, -0.25) is 0 Å². The number of methoxy groups -OCH3 is 2. The number of nitrogens with zero attached hydrogens (tertiary/aromatic N) is 2. The third kappa shape index (κ3) is 4.39. The zero-order valence-electron chi connectivity index (χ0n) is 19.2. The molecule has 8 heteroatoms. The van der Waals surface area contributed by atoms with Crippen molar-refractivity contribution in [1.82, 2.24) is 0 Å². The van der Waals surface area contributed by atoms with Crippen LogP contribution in [0, 0.1) is 5.92 Å². The first-order valence-corrected chi connectivity index (χ1v) is 10.7. The van der Waals surface area contributed by atoms with Gasteiger partial charge in [-0.25, -0.2) is 9.98 Å². The molecule has 0 aromatic heterocycles. The van der Waals surface area contributed by atoms with Crippen LogP contribution in [0.2, 0.25) is 5.02 Å². The van der Waals surface area contributed by atoms with E-state index in [1.165, 1.54) is 0 Å². The van der Waals surface area contributed by atoms with Crippen LogP contribution in [-0.2, 0) is 25.2 Å². The Balaban J connectivity index is 1.81. The molecule has 0 amide bonds. The minimum Gasteiger partial charge on any atom is -0.483 e. The van der Waals surface area contributed by atoms with Gasteiger partial charge in [0.05, 0.1) is 25.4 Å². The lowest BCUT2D eigenvalue weighted by atomic mass is 9.78. The molecule has 1 aromatic rings. The number of benzene rings is 1. The van der Waals surface area contributed by atoms with Crippen molar-refractivity contribution in [3.05, 3.63) is 28.8 Å². The predicted octanol–water partition coefficient (Wildman–Crippen LogP) is 3.68. The van der Waals surface area contributed by atoms with Crippen molar-refractivity contribution in [2.45, 2.75) is 71.2 Å². The number of rotatable bonds is 4. The predicted molar refractivity (Wildman–Crippen MR) is 122 cm³/mol. The number of hydrogen-bond acceptors (Lipinski definition) is 6. The number of aliphatic imine (C=N–C) groups is 2. The second kappa shape index (κ2) is 8.52. The van der Waals surface area contributed by atoms with Crippen LogP contribution in [0.3, 0.4) is 0 Å². The molecule has 0 unspecified atom stereocenters. The van der Waals surface area contributed by atoms with Crippen LogP contribution in [0.1, 0.15) is 47.1 Å². The summed E-state index contributed by atoms with van der Waals surface area (Å²) in [6, 6.07) is 5.54. The summed E-state index contributed by atoms with van der Waals surface area (Å²) < 4.78 is 23.3. The molecule has 0 spiro atoms. The van der Waals surface area contributed by atoms with E-state index in [1.54, 1.807) is 14.2 Å². The standard InChI is InChI=1S/C22H32BClN2O4/c1-13(2)18-20(28-8)25-17(19(26-18)27-7)12-14-9-10-15(16(24)11-14)23-29-21(3,4)22(5,6)30-23/h9-11,13,17-18H,12H2,1-8H3/t17-,18+/m0/s1. The first-order chi connectivity index (χ1) is 14.0. The van der Waals surface area contributed by atoms with Crippen LogP contribution in [0.4, 0.5) is 0 Å². The molecule has 2 aliphatic rings. The molecular weight excluding hydrogens is 403 g/mol. The fourth-order valence-electron chi connectivity index (χ4n) is 3.57. The molecule has 2 aliphatic heterocycles. The highest BCUT2D eigenvalue weighted by atomic mass is 35.5. The molecule has 0 aliphatic carbocycles. The monoisotopic (exact) mass is 434 g/mol. The van der Waals surface area contributed by atoms with Crippen LogP contribution in [0.25, 0.3) is 0 Å². The average Bonchev–Trinajstić information content (AvgIpc) is 2.88. The molecule has 0 saturated carbocycles. The van der Waals surface area contributed by atoms with E-state index in [0.29, 0.717) is 23.2 Å². The second-order valence-electron chi connectivity index (χ2n) is 9.20. The largest absolute Gasteiger partial charge is 0.496 e. The highest BCUT2D eigenvalue weighted by molar-refractivity contribution is 6.65. The van der Waals surface area contributed by atoms with E-state index >= 15 is 0 Å². The Morgan fingerprint density at radius 1 is 1.03 bits per heavy atom. The van der Waals surface area contributed by atoms with E-state index in [4.69, 9.17) is 40.4 Å². The summed E-state index contributed by atoms with van der Waals surface area (Å²) in [6.45, 7) is 12.3. The van der Waals surface area contributed by atoms with Gasteiger partial charge >= 0.3 is 7.12 Å². The van der Waals surface area contributed by atoms with E-state index in [1.807, 2.05) is 45.9 Å². The van der Waals surface area contributed by atoms with Crippen LogP contribution in [0.15, 0.2) is 28.2 Å². The van der Waals surface area contributed by atoms with Crippen LogP contribution < -0.4 is 5.46 Å². The van der Waals surface area contributed by atoms with Gasteiger partial charge in [0.15, 0.2) is 0 Å². The third-order valence-electron chi connectivity index (χ3n) is 6.14. The maximum Gasteiger partial charge on any atom is 0.496 e. The summed E-state index contributed by atoms with van der Waals surface area (Å²) in [5.41, 5.74) is 1.02. The number of ether oxygens (including phenoxy) is 2. The molecule has 2 heterocycles. The van der Waals surface area contributed by atoms with Crippen molar-refractivity contribution in [3.63, 3.8) is 0 Å². The zero-order valence-corrected chi connectivity index (χ0v) is 19.9. The molecule has 1 saturated heterocycles.